The van der Waals surface area contributed by atoms with E-state index in [9.17, 15) is 17.6 Å². The number of esters is 1. The fourth-order valence-electron chi connectivity index (χ4n) is 1.87. The van der Waals surface area contributed by atoms with Crippen LogP contribution in [0.4, 0.5) is 4.39 Å². The van der Waals surface area contributed by atoms with Crippen LogP contribution in [0.25, 0.3) is 0 Å². The number of halogens is 1. The molecular formula is C10H17FO4S. The quantitative estimate of drug-likeness (QED) is 0.706. The summed E-state index contributed by atoms with van der Waals surface area (Å²) in [5.74, 6) is -0.766. The van der Waals surface area contributed by atoms with E-state index in [4.69, 9.17) is 0 Å². The van der Waals surface area contributed by atoms with Gasteiger partial charge in [-0.15, -0.1) is 0 Å². The maximum atomic E-state index is 13.6. The second kappa shape index (κ2) is 5.61. The van der Waals surface area contributed by atoms with Gasteiger partial charge in [-0.1, -0.05) is 0 Å². The van der Waals surface area contributed by atoms with Crippen LogP contribution >= 0.6 is 0 Å². The van der Waals surface area contributed by atoms with Crippen LogP contribution in [0.2, 0.25) is 0 Å². The molecule has 0 spiro atoms. The molecule has 2 atom stereocenters. The van der Waals surface area contributed by atoms with E-state index in [1.165, 1.54) is 7.11 Å². The van der Waals surface area contributed by atoms with Crippen LogP contribution in [0.5, 0.6) is 0 Å². The summed E-state index contributed by atoms with van der Waals surface area (Å²) in [6.07, 6.45) is -0.249. The summed E-state index contributed by atoms with van der Waals surface area (Å²) in [7, 11) is -1.80. The van der Waals surface area contributed by atoms with Crippen molar-refractivity contribution in [1.29, 1.82) is 0 Å². The van der Waals surface area contributed by atoms with Gasteiger partial charge >= 0.3 is 5.97 Å². The van der Waals surface area contributed by atoms with Crippen molar-refractivity contribution in [3.05, 3.63) is 0 Å². The lowest BCUT2D eigenvalue weighted by atomic mass is 9.94. The normalized spacial score (nSPS) is 29.4. The molecule has 0 aromatic heterocycles. The van der Waals surface area contributed by atoms with Crippen LogP contribution in [0.15, 0.2) is 0 Å². The Morgan fingerprint density at radius 2 is 2.00 bits per heavy atom. The molecule has 16 heavy (non-hydrogen) atoms. The van der Waals surface area contributed by atoms with Gasteiger partial charge in [0.15, 0.2) is 0 Å². The largest absolute Gasteiger partial charge is 0.469 e. The van der Waals surface area contributed by atoms with E-state index >= 15 is 0 Å². The summed E-state index contributed by atoms with van der Waals surface area (Å²) in [4.78, 5) is 10.9. The SMILES string of the molecule is COC(=O)CC[C@H]1CCS(=O)(=O)CC[C@H]1F. The van der Waals surface area contributed by atoms with Crippen LogP contribution in [0.1, 0.15) is 25.7 Å². The standard InChI is InChI=1S/C10H17FO4S/c1-15-10(12)3-2-8-4-6-16(13,14)7-5-9(8)11/h8-9H,2-7H2,1H3/t8-,9+/m0/s1. The number of alkyl halides is 1. The first kappa shape index (κ1) is 13.4. The van der Waals surface area contributed by atoms with Gasteiger partial charge in [-0.3, -0.25) is 4.79 Å². The molecule has 1 aliphatic heterocycles. The molecule has 0 bridgehead atoms. The molecule has 4 nitrogen and oxygen atoms in total. The van der Waals surface area contributed by atoms with Crippen molar-refractivity contribution >= 4 is 15.8 Å². The summed E-state index contributed by atoms with van der Waals surface area (Å²) < 4.78 is 40.7. The molecule has 0 unspecified atom stereocenters. The van der Waals surface area contributed by atoms with E-state index in [-0.39, 0.29) is 36.2 Å². The number of hydrogen-bond acceptors (Lipinski definition) is 4. The lowest BCUT2D eigenvalue weighted by molar-refractivity contribution is -0.141. The Hall–Kier alpha value is -0.650. The fourth-order valence-corrected chi connectivity index (χ4v) is 3.32. The van der Waals surface area contributed by atoms with Gasteiger partial charge in [0.25, 0.3) is 0 Å². The number of hydrogen-bond donors (Lipinski definition) is 0. The molecule has 0 aromatic rings. The van der Waals surface area contributed by atoms with E-state index in [2.05, 4.69) is 4.74 Å². The average Bonchev–Trinajstić information content (AvgIpc) is 2.37. The predicted molar refractivity (Wildman–Crippen MR) is 57.5 cm³/mol. The molecule has 94 valence electrons. The Morgan fingerprint density at radius 3 is 2.62 bits per heavy atom. The first-order chi connectivity index (χ1) is 7.44. The summed E-state index contributed by atoms with van der Waals surface area (Å²) in [5, 5.41) is 0. The van der Waals surface area contributed by atoms with Crippen molar-refractivity contribution < 1.29 is 22.3 Å². The Balaban J connectivity index is 2.50. The zero-order valence-electron chi connectivity index (χ0n) is 9.32. The number of methoxy groups -OCH3 is 1. The summed E-state index contributed by atoms with van der Waals surface area (Å²) in [5.41, 5.74) is 0. The molecule has 0 aliphatic carbocycles. The number of ether oxygens (including phenoxy) is 1. The first-order valence-electron chi connectivity index (χ1n) is 5.36. The summed E-state index contributed by atoms with van der Waals surface area (Å²) in [6, 6.07) is 0. The molecule has 0 amide bonds. The molecule has 0 radical (unpaired) electrons. The van der Waals surface area contributed by atoms with Crippen LogP contribution in [0, 0.1) is 5.92 Å². The minimum absolute atomic E-state index is 0.0270. The van der Waals surface area contributed by atoms with Crippen LogP contribution in [0.3, 0.4) is 0 Å². The lowest BCUT2D eigenvalue weighted by Crippen LogP contribution is -2.17. The van der Waals surface area contributed by atoms with Gasteiger partial charge in [0.2, 0.25) is 0 Å². The van der Waals surface area contributed by atoms with E-state index in [1.54, 1.807) is 0 Å². The van der Waals surface area contributed by atoms with Crippen molar-refractivity contribution in [3.63, 3.8) is 0 Å². The third kappa shape index (κ3) is 4.08. The van der Waals surface area contributed by atoms with Crippen molar-refractivity contribution in [2.24, 2.45) is 5.92 Å². The maximum Gasteiger partial charge on any atom is 0.305 e. The monoisotopic (exact) mass is 252 g/mol. The highest BCUT2D eigenvalue weighted by molar-refractivity contribution is 7.91. The maximum absolute atomic E-state index is 13.6. The zero-order valence-corrected chi connectivity index (χ0v) is 10.1. The minimum atomic E-state index is -3.09. The number of carbonyl (C=O) groups is 1. The van der Waals surface area contributed by atoms with E-state index in [0.29, 0.717) is 12.8 Å². The zero-order chi connectivity index (χ0) is 12.2. The molecule has 0 saturated carbocycles. The van der Waals surface area contributed by atoms with Crippen molar-refractivity contribution in [1.82, 2.24) is 0 Å². The molecule has 6 heteroatoms. The Bertz CT molecular complexity index is 339. The number of sulfone groups is 1. The first-order valence-corrected chi connectivity index (χ1v) is 7.18. The topological polar surface area (TPSA) is 60.4 Å². The average molecular weight is 252 g/mol. The number of carbonyl (C=O) groups excluding carboxylic acids is 1. The molecule has 1 rings (SSSR count). The van der Waals surface area contributed by atoms with Crippen LogP contribution in [-0.2, 0) is 19.4 Å². The van der Waals surface area contributed by atoms with Gasteiger partial charge < -0.3 is 4.74 Å². The highest BCUT2D eigenvalue weighted by atomic mass is 32.2. The molecule has 1 aliphatic rings. The lowest BCUT2D eigenvalue weighted by Gasteiger charge is -2.16. The molecule has 1 heterocycles. The molecule has 1 saturated heterocycles. The van der Waals surface area contributed by atoms with Gasteiger partial charge in [0, 0.05) is 6.42 Å². The van der Waals surface area contributed by atoms with Gasteiger partial charge in [-0.25, -0.2) is 12.8 Å². The molecular weight excluding hydrogens is 235 g/mol. The van der Waals surface area contributed by atoms with Crippen molar-refractivity contribution in [3.8, 4) is 0 Å². The van der Waals surface area contributed by atoms with Crippen molar-refractivity contribution in [2.45, 2.75) is 31.9 Å². The van der Waals surface area contributed by atoms with Crippen LogP contribution in [-0.4, -0.2) is 39.2 Å². The third-order valence-corrected chi connectivity index (χ3v) is 4.68. The highest BCUT2D eigenvalue weighted by Crippen LogP contribution is 2.26. The Morgan fingerprint density at radius 1 is 1.38 bits per heavy atom. The second-order valence-corrected chi connectivity index (χ2v) is 6.42. The summed E-state index contributed by atoms with van der Waals surface area (Å²) >= 11 is 0. The smallest absolute Gasteiger partial charge is 0.305 e. The van der Waals surface area contributed by atoms with Gasteiger partial charge in [-0.2, -0.15) is 0 Å². The highest BCUT2D eigenvalue weighted by Gasteiger charge is 2.29. The molecule has 0 N–H and O–H groups in total. The van der Waals surface area contributed by atoms with Crippen LogP contribution < -0.4 is 0 Å². The van der Waals surface area contributed by atoms with Gasteiger partial charge in [0.1, 0.15) is 16.0 Å². The summed E-state index contributed by atoms with van der Waals surface area (Å²) in [6.45, 7) is 0. The number of rotatable bonds is 3. The minimum Gasteiger partial charge on any atom is -0.469 e. The fraction of sp³-hybridized carbons (Fsp3) is 0.900. The Labute approximate surface area is 95.1 Å². The van der Waals surface area contributed by atoms with Gasteiger partial charge in [0.05, 0.1) is 18.6 Å². The predicted octanol–water partition coefficient (Wildman–Crippen LogP) is 1.10. The van der Waals surface area contributed by atoms with E-state index in [0.717, 1.165) is 0 Å². The van der Waals surface area contributed by atoms with Crippen molar-refractivity contribution in [2.75, 3.05) is 18.6 Å². The third-order valence-electron chi connectivity index (χ3n) is 2.96. The van der Waals surface area contributed by atoms with Gasteiger partial charge in [-0.05, 0) is 25.2 Å². The van der Waals surface area contributed by atoms with E-state index in [1.807, 2.05) is 0 Å². The molecule has 1 fully saturated rings. The Kier molecular flexibility index (Phi) is 4.70. The second-order valence-electron chi connectivity index (χ2n) is 4.12. The van der Waals surface area contributed by atoms with E-state index < -0.39 is 16.0 Å². The molecule has 0 aromatic carbocycles.